The summed E-state index contributed by atoms with van der Waals surface area (Å²) in [6.07, 6.45) is 0. The molecule has 1 aromatic rings. The van der Waals surface area contributed by atoms with Crippen molar-refractivity contribution in [2.75, 3.05) is 0 Å². The van der Waals surface area contributed by atoms with Gasteiger partial charge >= 0.3 is 6.61 Å². The van der Waals surface area contributed by atoms with E-state index in [1.807, 2.05) is 0 Å². The molecule has 0 bridgehead atoms. The van der Waals surface area contributed by atoms with Crippen molar-refractivity contribution in [3.63, 3.8) is 0 Å². The zero-order valence-electron chi connectivity index (χ0n) is 6.81. The first-order valence-corrected chi connectivity index (χ1v) is 5.16. The third-order valence-corrected chi connectivity index (χ3v) is 2.51. The lowest BCUT2D eigenvalue weighted by atomic mass is 10.2. The van der Waals surface area contributed by atoms with Crippen molar-refractivity contribution in [1.29, 1.82) is 0 Å². The highest BCUT2D eigenvalue weighted by molar-refractivity contribution is 9.11. The second kappa shape index (κ2) is 5.04. The fourth-order valence-corrected chi connectivity index (χ4v) is 2.36. The Hall–Kier alpha value is -0.200. The molecule has 0 radical (unpaired) electrons. The first-order valence-electron chi connectivity index (χ1n) is 3.58. The Morgan fingerprint density at radius 2 is 2.00 bits per heavy atom. The van der Waals surface area contributed by atoms with Crippen molar-refractivity contribution in [2.24, 2.45) is 0 Å². The minimum atomic E-state index is -2.90. The van der Waals surface area contributed by atoms with Gasteiger partial charge in [0.15, 0.2) is 0 Å². The SMILES string of the molecule is OCc1cc(Br)cc(Br)c1OC(F)F. The first-order chi connectivity index (χ1) is 6.54. The van der Waals surface area contributed by atoms with E-state index in [0.717, 1.165) is 0 Å². The Morgan fingerprint density at radius 1 is 1.36 bits per heavy atom. The fourth-order valence-electron chi connectivity index (χ4n) is 0.952. The summed E-state index contributed by atoms with van der Waals surface area (Å²) in [4.78, 5) is 0. The summed E-state index contributed by atoms with van der Waals surface area (Å²) in [6.45, 7) is -3.27. The minimum absolute atomic E-state index is 0.0364. The Labute approximate surface area is 96.1 Å². The van der Waals surface area contributed by atoms with Gasteiger partial charge in [0, 0.05) is 10.0 Å². The van der Waals surface area contributed by atoms with Crippen molar-refractivity contribution in [3.8, 4) is 5.75 Å². The van der Waals surface area contributed by atoms with Gasteiger partial charge in [-0.05, 0) is 28.1 Å². The topological polar surface area (TPSA) is 29.5 Å². The monoisotopic (exact) mass is 330 g/mol. The second-order valence-corrected chi connectivity index (χ2v) is 4.18. The van der Waals surface area contributed by atoms with Crippen LogP contribution < -0.4 is 4.74 Å². The number of hydrogen-bond donors (Lipinski definition) is 1. The van der Waals surface area contributed by atoms with Crippen LogP contribution in [0.25, 0.3) is 0 Å². The van der Waals surface area contributed by atoms with Gasteiger partial charge in [-0.3, -0.25) is 0 Å². The van der Waals surface area contributed by atoms with Gasteiger partial charge in [-0.15, -0.1) is 0 Å². The molecular weight excluding hydrogens is 326 g/mol. The maximum atomic E-state index is 12.0. The van der Waals surface area contributed by atoms with E-state index in [4.69, 9.17) is 5.11 Å². The van der Waals surface area contributed by atoms with Crippen LogP contribution in [0.5, 0.6) is 5.75 Å². The molecule has 0 heterocycles. The quantitative estimate of drug-likeness (QED) is 0.920. The van der Waals surface area contributed by atoms with Crippen molar-refractivity contribution < 1.29 is 18.6 Å². The van der Waals surface area contributed by atoms with Crippen molar-refractivity contribution in [3.05, 3.63) is 26.6 Å². The molecule has 2 nitrogen and oxygen atoms in total. The molecule has 0 aliphatic carbocycles. The molecule has 1 aromatic carbocycles. The summed E-state index contributed by atoms with van der Waals surface area (Å²) in [5.41, 5.74) is 0.298. The predicted molar refractivity (Wildman–Crippen MR) is 54.4 cm³/mol. The van der Waals surface area contributed by atoms with Gasteiger partial charge in [0.1, 0.15) is 5.75 Å². The summed E-state index contributed by atoms with van der Waals surface area (Å²) in [7, 11) is 0. The number of aliphatic hydroxyl groups excluding tert-OH is 1. The maximum absolute atomic E-state index is 12.0. The van der Waals surface area contributed by atoms with Crippen LogP contribution in [0.15, 0.2) is 21.1 Å². The lowest BCUT2D eigenvalue weighted by molar-refractivity contribution is -0.0514. The average molecular weight is 332 g/mol. The Morgan fingerprint density at radius 3 is 2.50 bits per heavy atom. The number of hydrogen-bond acceptors (Lipinski definition) is 2. The van der Waals surface area contributed by atoms with Crippen LogP contribution >= 0.6 is 31.9 Å². The number of rotatable bonds is 3. The first kappa shape index (κ1) is 11.9. The molecule has 0 amide bonds. The Balaban J connectivity index is 3.11. The van der Waals surface area contributed by atoms with E-state index < -0.39 is 6.61 Å². The molecule has 14 heavy (non-hydrogen) atoms. The highest BCUT2D eigenvalue weighted by Crippen LogP contribution is 2.33. The average Bonchev–Trinajstić information content (AvgIpc) is 2.08. The van der Waals surface area contributed by atoms with Crippen LogP contribution in [0.1, 0.15) is 5.56 Å². The van der Waals surface area contributed by atoms with E-state index in [9.17, 15) is 8.78 Å². The molecule has 0 aliphatic rings. The standard InChI is InChI=1S/C8H6Br2F2O2/c9-5-1-4(3-13)7(6(10)2-5)14-8(11)12/h1-2,8,13H,3H2. The largest absolute Gasteiger partial charge is 0.433 e. The zero-order chi connectivity index (χ0) is 10.7. The van der Waals surface area contributed by atoms with E-state index in [1.54, 1.807) is 6.07 Å². The third kappa shape index (κ3) is 2.90. The lowest BCUT2D eigenvalue weighted by Gasteiger charge is -2.11. The molecule has 0 saturated heterocycles. The Kier molecular flexibility index (Phi) is 4.28. The molecule has 0 saturated carbocycles. The summed E-state index contributed by atoms with van der Waals surface area (Å²) < 4.78 is 29.3. The van der Waals surface area contributed by atoms with Crippen molar-refractivity contribution >= 4 is 31.9 Å². The van der Waals surface area contributed by atoms with Crippen molar-refractivity contribution in [1.82, 2.24) is 0 Å². The summed E-state index contributed by atoms with van der Waals surface area (Å²) in [5, 5.41) is 8.91. The third-order valence-electron chi connectivity index (χ3n) is 1.46. The summed E-state index contributed by atoms with van der Waals surface area (Å²) in [5.74, 6) is -0.0364. The molecule has 0 unspecified atom stereocenters. The van der Waals surface area contributed by atoms with Crippen LogP contribution in [-0.2, 0) is 6.61 Å². The zero-order valence-corrected chi connectivity index (χ0v) is 9.98. The van der Waals surface area contributed by atoms with Gasteiger partial charge in [-0.25, -0.2) is 0 Å². The number of benzene rings is 1. The lowest BCUT2D eigenvalue weighted by Crippen LogP contribution is -2.05. The molecular formula is C8H6Br2F2O2. The van der Waals surface area contributed by atoms with E-state index in [-0.39, 0.29) is 12.4 Å². The maximum Gasteiger partial charge on any atom is 0.387 e. The molecule has 1 rings (SSSR count). The normalized spacial score (nSPS) is 10.7. The molecule has 6 heteroatoms. The summed E-state index contributed by atoms with van der Waals surface area (Å²) >= 11 is 6.24. The predicted octanol–water partition coefficient (Wildman–Crippen LogP) is 3.31. The number of alkyl halides is 2. The highest BCUT2D eigenvalue weighted by atomic mass is 79.9. The van der Waals surface area contributed by atoms with Gasteiger partial charge in [-0.2, -0.15) is 8.78 Å². The van der Waals surface area contributed by atoms with Gasteiger partial charge in [-0.1, -0.05) is 15.9 Å². The highest BCUT2D eigenvalue weighted by Gasteiger charge is 2.13. The molecule has 0 fully saturated rings. The van der Waals surface area contributed by atoms with Gasteiger partial charge in [0.25, 0.3) is 0 Å². The molecule has 0 aromatic heterocycles. The molecule has 0 spiro atoms. The van der Waals surface area contributed by atoms with Crippen molar-refractivity contribution in [2.45, 2.75) is 13.2 Å². The van der Waals surface area contributed by atoms with Gasteiger partial charge < -0.3 is 9.84 Å². The minimum Gasteiger partial charge on any atom is -0.433 e. The van der Waals surface area contributed by atoms with Crippen LogP contribution in [0, 0.1) is 0 Å². The van der Waals surface area contributed by atoms with E-state index in [1.165, 1.54) is 6.07 Å². The number of halogens is 4. The number of ether oxygens (including phenoxy) is 1. The second-order valence-electron chi connectivity index (χ2n) is 2.41. The smallest absolute Gasteiger partial charge is 0.387 e. The van der Waals surface area contributed by atoms with Crippen LogP contribution in [0.2, 0.25) is 0 Å². The van der Waals surface area contributed by atoms with Crippen LogP contribution in [0.4, 0.5) is 8.78 Å². The Bertz CT molecular complexity index is 331. The number of aliphatic hydroxyl groups is 1. The molecule has 1 N–H and O–H groups in total. The van der Waals surface area contributed by atoms with E-state index in [2.05, 4.69) is 36.6 Å². The van der Waals surface area contributed by atoms with E-state index >= 15 is 0 Å². The van der Waals surface area contributed by atoms with E-state index in [0.29, 0.717) is 14.5 Å². The molecule has 0 atom stereocenters. The summed E-state index contributed by atoms with van der Waals surface area (Å²) in [6, 6.07) is 3.08. The molecule has 78 valence electrons. The molecule has 0 aliphatic heterocycles. The fraction of sp³-hybridized carbons (Fsp3) is 0.250. The van der Waals surface area contributed by atoms with Gasteiger partial charge in [0.05, 0.1) is 11.1 Å². The van der Waals surface area contributed by atoms with Crippen LogP contribution in [-0.4, -0.2) is 11.7 Å². The van der Waals surface area contributed by atoms with Gasteiger partial charge in [0.2, 0.25) is 0 Å². The van der Waals surface area contributed by atoms with Crippen LogP contribution in [0.3, 0.4) is 0 Å².